The summed E-state index contributed by atoms with van der Waals surface area (Å²) in [4.78, 5) is 42.2. The first-order valence-corrected chi connectivity index (χ1v) is 11.8. The summed E-state index contributed by atoms with van der Waals surface area (Å²) in [5, 5.41) is 0. The molecule has 0 radical (unpaired) electrons. The van der Waals surface area contributed by atoms with Gasteiger partial charge < -0.3 is 19.1 Å². The van der Waals surface area contributed by atoms with Crippen molar-refractivity contribution >= 4 is 17.7 Å². The predicted octanol–water partition coefficient (Wildman–Crippen LogP) is 3.11. The second-order valence-electron chi connectivity index (χ2n) is 8.77. The molecule has 0 spiro atoms. The number of carbonyl (C=O) groups is 3. The van der Waals surface area contributed by atoms with Crippen LogP contribution in [0.1, 0.15) is 56.4 Å². The largest absolute Gasteiger partial charge is 0.493 e. The lowest BCUT2D eigenvalue weighted by Gasteiger charge is -2.35. The summed E-state index contributed by atoms with van der Waals surface area (Å²) < 4.78 is 17.1. The van der Waals surface area contributed by atoms with Gasteiger partial charge >= 0.3 is 0 Å². The molecule has 0 aromatic heterocycles. The van der Waals surface area contributed by atoms with Gasteiger partial charge in [-0.05, 0) is 49.6 Å². The average molecular weight is 465 g/mol. The number of benzene rings is 2. The number of rotatable bonds is 6. The van der Waals surface area contributed by atoms with Crippen LogP contribution in [0.3, 0.4) is 0 Å². The summed E-state index contributed by atoms with van der Waals surface area (Å²) in [5.74, 6) is -0.141. The normalized spacial score (nSPS) is 20.7. The first-order chi connectivity index (χ1) is 16.6. The number of fused-ring (bicyclic) bond motifs is 1. The molecule has 0 aliphatic carbocycles. The number of imide groups is 1. The Morgan fingerprint density at radius 1 is 1.06 bits per heavy atom. The summed E-state index contributed by atoms with van der Waals surface area (Å²) >= 11 is 0. The molecular weight excluding hydrogens is 436 g/mol. The van der Waals surface area contributed by atoms with Crippen LogP contribution in [0.15, 0.2) is 42.5 Å². The van der Waals surface area contributed by atoms with E-state index in [1.54, 1.807) is 42.5 Å². The minimum absolute atomic E-state index is 0.0887. The van der Waals surface area contributed by atoms with Gasteiger partial charge in [-0.1, -0.05) is 18.2 Å². The Hall–Kier alpha value is -3.23. The van der Waals surface area contributed by atoms with Crippen LogP contribution < -0.4 is 4.74 Å². The number of amides is 3. The Morgan fingerprint density at radius 3 is 2.44 bits per heavy atom. The molecule has 2 fully saturated rings. The van der Waals surface area contributed by atoms with Crippen molar-refractivity contribution in [2.75, 3.05) is 32.9 Å². The van der Waals surface area contributed by atoms with Crippen LogP contribution in [0.2, 0.25) is 0 Å². The van der Waals surface area contributed by atoms with Gasteiger partial charge in [0.15, 0.2) is 6.29 Å². The number of ether oxygens (including phenoxy) is 3. The van der Waals surface area contributed by atoms with E-state index in [1.807, 2.05) is 11.8 Å². The molecule has 0 bridgehead atoms. The van der Waals surface area contributed by atoms with Crippen LogP contribution in [0.4, 0.5) is 0 Å². The van der Waals surface area contributed by atoms with Gasteiger partial charge in [-0.3, -0.25) is 19.3 Å². The second-order valence-corrected chi connectivity index (χ2v) is 8.77. The molecule has 2 aromatic carbocycles. The van der Waals surface area contributed by atoms with Gasteiger partial charge in [-0.15, -0.1) is 0 Å². The van der Waals surface area contributed by atoms with E-state index in [9.17, 15) is 14.4 Å². The van der Waals surface area contributed by atoms with Gasteiger partial charge in [-0.25, -0.2) is 0 Å². The zero-order valence-corrected chi connectivity index (χ0v) is 19.2. The maximum atomic E-state index is 13.6. The molecule has 2 saturated heterocycles. The molecule has 178 valence electrons. The molecule has 1 atom stereocenters. The Bertz CT molecular complexity index is 1080. The average Bonchev–Trinajstić information content (AvgIpc) is 3.49. The standard InChI is InChI=1S/C26H28N2O6/c1-2-32-22-10-9-17(15-28-24(30)19-7-3-4-8-20(19)25(28)31)14-21(22)23(29)27-11-5-6-18(16-27)26-33-12-13-34-26/h3-4,7-10,14,18,26H,2,5-6,11-13,15-16H2,1H3. The second kappa shape index (κ2) is 9.56. The number of hydrogen-bond acceptors (Lipinski definition) is 6. The molecule has 3 aliphatic rings. The maximum absolute atomic E-state index is 13.6. The predicted molar refractivity (Wildman–Crippen MR) is 123 cm³/mol. The van der Waals surface area contributed by atoms with Crippen LogP contribution in [0.25, 0.3) is 0 Å². The van der Waals surface area contributed by atoms with Crippen molar-refractivity contribution in [1.82, 2.24) is 9.80 Å². The molecule has 8 heteroatoms. The van der Waals surface area contributed by atoms with Gasteiger partial charge in [0.1, 0.15) is 5.75 Å². The highest BCUT2D eigenvalue weighted by atomic mass is 16.7. The summed E-state index contributed by atoms with van der Waals surface area (Å²) in [6, 6.07) is 12.1. The van der Waals surface area contributed by atoms with Crippen LogP contribution >= 0.6 is 0 Å². The number of hydrogen-bond donors (Lipinski definition) is 0. The quantitative estimate of drug-likeness (QED) is 0.611. The summed E-state index contributed by atoms with van der Waals surface area (Å²) in [6.45, 7) is 4.75. The minimum Gasteiger partial charge on any atom is -0.493 e. The van der Waals surface area contributed by atoms with Crippen LogP contribution in [-0.2, 0) is 16.0 Å². The van der Waals surface area contributed by atoms with E-state index in [1.165, 1.54) is 4.90 Å². The van der Waals surface area contributed by atoms with Crippen molar-refractivity contribution < 1.29 is 28.6 Å². The smallest absolute Gasteiger partial charge is 0.261 e. The fourth-order valence-corrected chi connectivity index (χ4v) is 4.93. The molecule has 2 aromatic rings. The van der Waals surface area contributed by atoms with Crippen molar-refractivity contribution in [2.24, 2.45) is 5.92 Å². The highest BCUT2D eigenvalue weighted by Crippen LogP contribution is 2.30. The van der Waals surface area contributed by atoms with Crippen LogP contribution in [-0.4, -0.2) is 66.7 Å². The first-order valence-electron chi connectivity index (χ1n) is 11.8. The number of carbonyl (C=O) groups excluding carboxylic acids is 3. The highest BCUT2D eigenvalue weighted by molar-refractivity contribution is 6.21. The van der Waals surface area contributed by atoms with Gasteiger partial charge in [0.2, 0.25) is 0 Å². The Kier molecular flexibility index (Phi) is 6.34. The molecule has 8 nitrogen and oxygen atoms in total. The lowest BCUT2D eigenvalue weighted by atomic mass is 9.96. The van der Waals surface area contributed by atoms with E-state index in [0.717, 1.165) is 12.8 Å². The molecular formula is C26H28N2O6. The topological polar surface area (TPSA) is 85.4 Å². The molecule has 0 N–H and O–H groups in total. The third kappa shape index (κ3) is 4.19. The molecule has 5 rings (SSSR count). The third-order valence-corrected chi connectivity index (χ3v) is 6.57. The zero-order valence-electron chi connectivity index (χ0n) is 19.2. The highest BCUT2D eigenvalue weighted by Gasteiger charge is 2.36. The molecule has 0 saturated carbocycles. The van der Waals surface area contributed by atoms with Crippen molar-refractivity contribution in [2.45, 2.75) is 32.6 Å². The van der Waals surface area contributed by atoms with E-state index < -0.39 is 0 Å². The SMILES string of the molecule is CCOc1ccc(CN2C(=O)c3ccccc3C2=O)cc1C(=O)N1CCCC(C2OCCO2)C1. The minimum atomic E-state index is -0.321. The monoisotopic (exact) mass is 464 g/mol. The molecule has 3 heterocycles. The van der Waals surface area contributed by atoms with Gasteiger partial charge in [0.05, 0.1) is 43.1 Å². The summed E-state index contributed by atoms with van der Waals surface area (Å²) in [7, 11) is 0. The van der Waals surface area contributed by atoms with E-state index in [-0.39, 0.29) is 36.5 Å². The van der Waals surface area contributed by atoms with Crippen molar-refractivity contribution in [3.05, 3.63) is 64.7 Å². The summed E-state index contributed by atoms with van der Waals surface area (Å²) in [6.07, 6.45) is 1.56. The number of piperidine rings is 1. The Balaban J connectivity index is 1.37. The molecule has 1 unspecified atom stereocenters. The van der Waals surface area contributed by atoms with Crippen molar-refractivity contribution in [1.29, 1.82) is 0 Å². The number of likely N-dealkylation sites (tertiary alicyclic amines) is 1. The lowest BCUT2D eigenvalue weighted by molar-refractivity contribution is -0.0969. The Labute approximate surface area is 198 Å². The van der Waals surface area contributed by atoms with Gasteiger partial charge in [0.25, 0.3) is 17.7 Å². The van der Waals surface area contributed by atoms with Crippen LogP contribution in [0, 0.1) is 5.92 Å². The zero-order chi connectivity index (χ0) is 23.7. The van der Waals surface area contributed by atoms with E-state index in [2.05, 4.69) is 0 Å². The number of nitrogens with zero attached hydrogens (tertiary/aromatic N) is 2. The van der Waals surface area contributed by atoms with E-state index in [4.69, 9.17) is 14.2 Å². The van der Waals surface area contributed by atoms with Gasteiger partial charge in [0, 0.05) is 19.0 Å². The maximum Gasteiger partial charge on any atom is 0.261 e. The fraction of sp³-hybridized carbons (Fsp3) is 0.423. The molecule has 3 aliphatic heterocycles. The van der Waals surface area contributed by atoms with E-state index >= 15 is 0 Å². The van der Waals surface area contributed by atoms with E-state index in [0.29, 0.717) is 60.9 Å². The summed E-state index contributed by atoms with van der Waals surface area (Å²) in [5.41, 5.74) is 1.94. The third-order valence-electron chi connectivity index (χ3n) is 6.57. The van der Waals surface area contributed by atoms with Crippen LogP contribution in [0.5, 0.6) is 5.75 Å². The Morgan fingerprint density at radius 2 is 1.76 bits per heavy atom. The van der Waals surface area contributed by atoms with Crippen molar-refractivity contribution in [3.8, 4) is 5.75 Å². The van der Waals surface area contributed by atoms with Crippen molar-refractivity contribution in [3.63, 3.8) is 0 Å². The van der Waals surface area contributed by atoms with Gasteiger partial charge in [-0.2, -0.15) is 0 Å². The first kappa shape index (κ1) is 22.6. The molecule has 3 amide bonds. The molecule has 34 heavy (non-hydrogen) atoms. The lowest BCUT2D eigenvalue weighted by Crippen LogP contribution is -2.44. The fourth-order valence-electron chi connectivity index (χ4n) is 4.93.